The topological polar surface area (TPSA) is 26.3 Å². The van der Waals surface area contributed by atoms with Gasteiger partial charge in [0.15, 0.2) is 0 Å². The Morgan fingerprint density at radius 3 is 1.32 bits per heavy atom. The van der Waals surface area contributed by atoms with Gasteiger partial charge in [0.1, 0.15) is 22.3 Å². The molecular weight excluding hydrogens is 837 g/mol. The van der Waals surface area contributed by atoms with E-state index < -0.39 is 0 Å². The van der Waals surface area contributed by atoms with Crippen molar-refractivity contribution in [1.29, 1.82) is 0 Å². The smallest absolute Gasteiger partial charge is 0.135 e. The van der Waals surface area contributed by atoms with Crippen LogP contribution in [0.4, 0.5) is 0 Å². The minimum absolute atomic E-state index is 0.144. The highest BCUT2D eigenvalue weighted by Crippen LogP contribution is 2.55. The Labute approximate surface area is 398 Å². The van der Waals surface area contributed by atoms with Gasteiger partial charge in [-0.3, -0.25) is 0 Å². The van der Waals surface area contributed by atoms with Crippen LogP contribution in [0.3, 0.4) is 0 Å². The van der Waals surface area contributed by atoms with Crippen molar-refractivity contribution in [2.24, 2.45) is 0 Å². The first-order valence-corrected chi connectivity index (χ1v) is 24.0. The number of hydrogen-bond acceptors (Lipinski definition) is 2. The van der Waals surface area contributed by atoms with Gasteiger partial charge in [-0.2, -0.15) is 0 Å². The SMILES string of the molecule is CC1(C)c2ccc(-c3ccc4oc5ccc(-c6c7ccccc7c(-c7ccccc7-c7ccc8oc9ccccc9c8c7)c7ccccc67)cc5c4c3)cc2-c2c1c1ccccc1c1ccccc21. The summed E-state index contributed by atoms with van der Waals surface area (Å²) >= 11 is 0. The quantitative estimate of drug-likeness (QED) is 0.130. The van der Waals surface area contributed by atoms with Gasteiger partial charge in [0, 0.05) is 27.0 Å². The fraction of sp³-hybridized carbons (Fsp3) is 0.0448. The highest BCUT2D eigenvalue weighted by molar-refractivity contribution is 6.24. The van der Waals surface area contributed by atoms with Crippen molar-refractivity contribution in [3.63, 3.8) is 0 Å². The molecule has 2 nitrogen and oxygen atoms in total. The Bertz CT molecular complexity index is 4460. The lowest BCUT2D eigenvalue weighted by Gasteiger charge is -2.24. The molecule has 2 heteroatoms. The number of para-hydroxylation sites is 1. The van der Waals surface area contributed by atoms with Crippen LogP contribution in [-0.4, -0.2) is 0 Å². The third-order valence-corrected chi connectivity index (χ3v) is 15.4. The Morgan fingerprint density at radius 2 is 0.667 bits per heavy atom. The van der Waals surface area contributed by atoms with Crippen LogP contribution in [-0.2, 0) is 5.41 Å². The van der Waals surface area contributed by atoms with Gasteiger partial charge in [-0.05, 0) is 158 Å². The number of fused-ring (bicyclic) bond motifs is 16. The summed E-state index contributed by atoms with van der Waals surface area (Å²) in [6, 6.07) is 80.2. The summed E-state index contributed by atoms with van der Waals surface area (Å²) in [6.45, 7) is 4.78. The van der Waals surface area contributed by atoms with Crippen molar-refractivity contribution in [2.45, 2.75) is 19.3 Å². The van der Waals surface area contributed by atoms with E-state index in [0.717, 1.165) is 55.0 Å². The average molecular weight is 879 g/mol. The Kier molecular flexibility index (Phi) is 7.87. The molecule has 1 aliphatic carbocycles. The molecule has 0 unspecified atom stereocenters. The van der Waals surface area contributed by atoms with Crippen LogP contribution < -0.4 is 0 Å². The number of hydrogen-bond donors (Lipinski definition) is 0. The summed E-state index contributed by atoms with van der Waals surface area (Å²) in [5.74, 6) is 0. The van der Waals surface area contributed by atoms with Gasteiger partial charge < -0.3 is 8.83 Å². The third-order valence-electron chi connectivity index (χ3n) is 15.4. The standard InChI is InChI=1S/C67H42O2/c1-67(2)58-31-27-39(36-57(58)65-48-20-7-4-16-44(48)45-17-5-12-25-53(45)66(65)67)40-28-32-61-55(35-40)56-38-42(30-34-62(56)69-61)63-49-21-8-10-23-51(49)64(52-24-11-9-22-50(52)63)47-19-6-3-15-43(47)41-29-33-60-54(37-41)46-18-13-14-26-59(46)68-60/h3-38H,1-2H3. The second kappa shape index (κ2) is 14.2. The molecule has 0 saturated heterocycles. The van der Waals surface area contributed by atoms with Gasteiger partial charge >= 0.3 is 0 Å². The van der Waals surface area contributed by atoms with Crippen LogP contribution in [0.2, 0.25) is 0 Å². The molecule has 0 saturated carbocycles. The first-order valence-electron chi connectivity index (χ1n) is 24.0. The van der Waals surface area contributed by atoms with E-state index in [1.807, 2.05) is 12.1 Å². The normalized spacial score (nSPS) is 13.2. The molecule has 2 aromatic heterocycles. The zero-order valence-corrected chi connectivity index (χ0v) is 38.1. The van der Waals surface area contributed by atoms with Gasteiger partial charge in [-0.1, -0.05) is 184 Å². The molecule has 0 amide bonds. The second-order valence-corrected chi connectivity index (χ2v) is 19.4. The molecule has 0 N–H and O–H groups in total. The molecule has 0 bridgehead atoms. The fourth-order valence-electron chi connectivity index (χ4n) is 12.4. The van der Waals surface area contributed by atoms with Crippen LogP contribution in [0, 0.1) is 0 Å². The predicted octanol–water partition coefficient (Wildman–Crippen LogP) is 19.1. The van der Waals surface area contributed by atoms with Gasteiger partial charge in [0.05, 0.1) is 0 Å². The summed E-state index contributed by atoms with van der Waals surface area (Å²) in [7, 11) is 0. The average Bonchev–Trinajstić information content (AvgIpc) is 4.04. The third kappa shape index (κ3) is 5.43. The summed E-state index contributed by atoms with van der Waals surface area (Å²) in [4.78, 5) is 0. The molecule has 322 valence electrons. The van der Waals surface area contributed by atoms with Crippen molar-refractivity contribution in [2.75, 3.05) is 0 Å². The Balaban J connectivity index is 0.894. The molecular formula is C67H42O2. The van der Waals surface area contributed by atoms with E-state index in [9.17, 15) is 0 Å². The lowest BCUT2D eigenvalue weighted by atomic mass is 9.79. The minimum atomic E-state index is -0.144. The van der Waals surface area contributed by atoms with Crippen LogP contribution in [0.1, 0.15) is 25.0 Å². The van der Waals surface area contributed by atoms with E-state index in [4.69, 9.17) is 8.83 Å². The number of furan rings is 2. The van der Waals surface area contributed by atoms with Gasteiger partial charge in [0.25, 0.3) is 0 Å². The highest BCUT2D eigenvalue weighted by atomic mass is 16.3. The summed E-state index contributed by atoms with van der Waals surface area (Å²) in [5.41, 5.74) is 18.5. The van der Waals surface area contributed by atoms with E-state index in [-0.39, 0.29) is 5.41 Å². The van der Waals surface area contributed by atoms with Crippen molar-refractivity contribution in [3.8, 4) is 55.6 Å². The zero-order chi connectivity index (χ0) is 45.5. The van der Waals surface area contributed by atoms with Gasteiger partial charge in [-0.25, -0.2) is 0 Å². The molecule has 0 spiro atoms. The maximum absolute atomic E-state index is 6.62. The Hall–Kier alpha value is -8.72. The molecule has 15 rings (SSSR count). The molecule has 0 atom stereocenters. The first kappa shape index (κ1) is 38.4. The molecule has 12 aromatic carbocycles. The fourth-order valence-corrected chi connectivity index (χ4v) is 12.4. The molecule has 2 heterocycles. The number of rotatable bonds is 4. The van der Waals surface area contributed by atoms with Crippen LogP contribution >= 0.6 is 0 Å². The van der Waals surface area contributed by atoms with Crippen molar-refractivity contribution < 1.29 is 8.83 Å². The highest BCUT2D eigenvalue weighted by Gasteiger charge is 2.38. The van der Waals surface area contributed by atoms with Gasteiger partial charge in [-0.15, -0.1) is 0 Å². The summed E-state index contributed by atoms with van der Waals surface area (Å²) < 4.78 is 12.9. The van der Waals surface area contributed by atoms with E-state index in [0.29, 0.717) is 0 Å². The number of benzene rings is 12. The van der Waals surface area contributed by atoms with Gasteiger partial charge in [0.2, 0.25) is 0 Å². The van der Waals surface area contributed by atoms with E-state index >= 15 is 0 Å². The van der Waals surface area contributed by atoms with Crippen LogP contribution in [0.5, 0.6) is 0 Å². The van der Waals surface area contributed by atoms with Crippen molar-refractivity contribution in [3.05, 3.63) is 230 Å². The predicted molar refractivity (Wildman–Crippen MR) is 290 cm³/mol. The maximum Gasteiger partial charge on any atom is 0.135 e. The molecule has 69 heavy (non-hydrogen) atoms. The molecule has 14 aromatic rings. The molecule has 0 fully saturated rings. The van der Waals surface area contributed by atoms with Crippen molar-refractivity contribution in [1.82, 2.24) is 0 Å². The second-order valence-electron chi connectivity index (χ2n) is 19.4. The molecule has 0 aliphatic heterocycles. The summed E-state index contributed by atoms with van der Waals surface area (Å²) in [5, 5.41) is 14.6. The lowest BCUT2D eigenvalue weighted by molar-refractivity contribution is 0.666. The molecule has 0 radical (unpaired) electrons. The maximum atomic E-state index is 6.62. The largest absolute Gasteiger partial charge is 0.456 e. The van der Waals surface area contributed by atoms with E-state index in [1.54, 1.807) is 0 Å². The van der Waals surface area contributed by atoms with Crippen LogP contribution in [0.15, 0.2) is 227 Å². The summed E-state index contributed by atoms with van der Waals surface area (Å²) in [6.07, 6.45) is 0. The monoisotopic (exact) mass is 878 g/mol. The first-order chi connectivity index (χ1) is 34.0. The molecule has 1 aliphatic rings. The Morgan fingerprint density at radius 1 is 0.261 bits per heavy atom. The lowest BCUT2D eigenvalue weighted by Crippen LogP contribution is -2.15. The zero-order valence-electron chi connectivity index (χ0n) is 38.1. The van der Waals surface area contributed by atoms with Crippen molar-refractivity contribution >= 4 is 87.0 Å². The van der Waals surface area contributed by atoms with Crippen LogP contribution in [0.25, 0.3) is 143 Å². The van der Waals surface area contributed by atoms with E-state index in [1.165, 1.54) is 98.7 Å². The minimum Gasteiger partial charge on any atom is -0.456 e. The van der Waals surface area contributed by atoms with E-state index in [2.05, 4.69) is 220 Å².